The molecule has 0 saturated carbocycles. The van der Waals surface area contributed by atoms with Crippen molar-refractivity contribution < 1.29 is 13.9 Å². The molecule has 0 amide bonds. The fourth-order valence-corrected chi connectivity index (χ4v) is 2.15. The number of hydrogen-bond donors (Lipinski definition) is 1. The number of rotatable bonds is 4. The third kappa shape index (κ3) is 3.14. The largest absolute Gasteiger partial charge is 0.496 e. The molecular weight excluding hydrogens is 318 g/mol. The van der Waals surface area contributed by atoms with Gasteiger partial charge in [-0.1, -0.05) is 29.3 Å². The lowest BCUT2D eigenvalue weighted by Gasteiger charge is -2.14. The van der Waals surface area contributed by atoms with Gasteiger partial charge in [0, 0.05) is 17.7 Å². The van der Waals surface area contributed by atoms with Crippen LogP contribution < -0.4 is 15.2 Å². The van der Waals surface area contributed by atoms with Gasteiger partial charge in [0.1, 0.15) is 5.75 Å². The van der Waals surface area contributed by atoms with E-state index in [-0.39, 0.29) is 32.9 Å². The lowest BCUT2D eigenvalue weighted by Crippen LogP contribution is -2.04. The molecule has 112 valence electrons. The van der Waals surface area contributed by atoms with Crippen LogP contribution in [0.3, 0.4) is 0 Å². The van der Waals surface area contributed by atoms with Gasteiger partial charge in [-0.15, -0.1) is 0 Å². The Morgan fingerprint density at radius 2 is 1.90 bits per heavy atom. The standard InChI is InChI=1S/C14H13Cl2FN2O2/c1-20-7-5-10(19-11(6-7)21-2)13(17)8-3-4-9(15)12(16)14(8)18/h3-6,13H,18H2,1-2H3. The van der Waals surface area contributed by atoms with Gasteiger partial charge < -0.3 is 15.2 Å². The van der Waals surface area contributed by atoms with Crippen LogP contribution in [-0.4, -0.2) is 19.2 Å². The highest BCUT2D eigenvalue weighted by atomic mass is 35.5. The van der Waals surface area contributed by atoms with Crippen molar-refractivity contribution in [2.45, 2.75) is 6.17 Å². The van der Waals surface area contributed by atoms with Gasteiger partial charge in [-0.3, -0.25) is 0 Å². The molecule has 1 heterocycles. The summed E-state index contributed by atoms with van der Waals surface area (Å²) < 4.78 is 24.8. The molecule has 0 bridgehead atoms. The van der Waals surface area contributed by atoms with E-state index in [4.69, 9.17) is 38.4 Å². The first-order valence-electron chi connectivity index (χ1n) is 5.95. The fraction of sp³-hybridized carbons (Fsp3) is 0.214. The van der Waals surface area contributed by atoms with E-state index in [2.05, 4.69) is 4.98 Å². The number of anilines is 1. The van der Waals surface area contributed by atoms with Crippen LogP contribution in [0.5, 0.6) is 11.6 Å². The lowest BCUT2D eigenvalue weighted by molar-refractivity contribution is 0.359. The average Bonchev–Trinajstić information content (AvgIpc) is 2.51. The van der Waals surface area contributed by atoms with Crippen LogP contribution in [0.2, 0.25) is 10.0 Å². The van der Waals surface area contributed by atoms with Gasteiger partial charge in [0.25, 0.3) is 0 Å². The molecule has 1 unspecified atom stereocenters. The van der Waals surface area contributed by atoms with Crippen LogP contribution in [0.25, 0.3) is 0 Å². The molecule has 2 aromatic rings. The summed E-state index contributed by atoms with van der Waals surface area (Å²) in [7, 11) is 2.91. The summed E-state index contributed by atoms with van der Waals surface area (Å²) in [4.78, 5) is 4.06. The van der Waals surface area contributed by atoms with Gasteiger partial charge >= 0.3 is 0 Å². The normalized spacial score (nSPS) is 12.0. The number of alkyl halides is 1. The number of methoxy groups -OCH3 is 2. The summed E-state index contributed by atoms with van der Waals surface area (Å²) in [5.41, 5.74) is 6.19. The van der Waals surface area contributed by atoms with Crippen LogP contribution >= 0.6 is 23.2 Å². The molecule has 1 aromatic heterocycles. The van der Waals surface area contributed by atoms with Gasteiger partial charge in [-0.2, -0.15) is 0 Å². The maximum absolute atomic E-state index is 14.7. The number of nitrogens with two attached hydrogens (primary N) is 1. The Labute approximate surface area is 131 Å². The highest BCUT2D eigenvalue weighted by Gasteiger charge is 2.21. The number of benzene rings is 1. The van der Waals surface area contributed by atoms with Gasteiger partial charge in [-0.25, -0.2) is 9.37 Å². The predicted molar refractivity (Wildman–Crippen MR) is 81.2 cm³/mol. The first-order chi connectivity index (χ1) is 9.97. The third-order valence-electron chi connectivity index (χ3n) is 2.94. The van der Waals surface area contributed by atoms with Crippen LogP contribution in [0, 0.1) is 0 Å². The summed E-state index contributed by atoms with van der Waals surface area (Å²) in [6, 6.07) is 5.98. The first kappa shape index (κ1) is 15.7. The van der Waals surface area contributed by atoms with E-state index < -0.39 is 6.17 Å². The molecule has 0 aliphatic rings. The Kier molecular flexibility index (Phi) is 4.75. The van der Waals surface area contributed by atoms with Crippen LogP contribution in [0.15, 0.2) is 24.3 Å². The van der Waals surface area contributed by atoms with Gasteiger partial charge in [0.15, 0.2) is 6.17 Å². The second kappa shape index (κ2) is 6.37. The van der Waals surface area contributed by atoms with Crippen LogP contribution in [0.1, 0.15) is 17.4 Å². The summed E-state index contributed by atoms with van der Waals surface area (Å²) in [5, 5.41) is 0.382. The molecule has 0 aliphatic carbocycles. The average molecular weight is 331 g/mol. The molecule has 1 atom stereocenters. The van der Waals surface area contributed by atoms with Crippen LogP contribution in [0.4, 0.5) is 10.1 Å². The van der Waals surface area contributed by atoms with Crippen molar-refractivity contribution in [3.8, 4) is 11.6 Å². The van der Waals surface area contributed by atoms with Crippen molar-refractivity contribution in [3.63, 3.8) is 0 Å². The number of halogens is 3. The third-order valence-corrected chi connectivity index (χ3v) is 3.76. The highest BCUT2D eigenvalue weighted by Crippen LogP contribution is 2.38. The molecule has 2 rings (SSSR count). The minimum absolute atomic E-state index is 0.0836. The number of nitrogen functional groups attached to an aromatic ring is 1. The first-order valence-corrected chi connectivity index (χ1v) is 6.71. The Bertz CT molecular complexity index is 645. The minimum atomic E-state index is -1.58. The second-order valence-electron chi connectivity index (χ2n) is 4.20. The Hall–Kier alpha value is -1.72. The number of aromatic nitrogens is 1. The molecule has 0 spiro atoms. The zero-order valence-electron chi connectivity index (χ0n) is 11.4. The smallest absolute Gasteiger partial charge is 0.217 e. The minimum Gasteiger partial charge on any atom is -0.496 e. The summed E-state index contributed by atoms with van der Waals surface area (Å²) in [5.74, 6) is 0.670. The van der Waals surface area contributed by atoms with Gasteiger partial charge in [0.2, 0.25) is 5.88 Å². The fourth-order valence-electron chi connectivity index (χ4n) is 1.81. The molecular formula is C14H13Cl2FN2O2. The molecule has 1 aromatic carbocycles. The monoisotopic (exact) mass is 330 g/mol. The molecule has 0 saturated heterocycles. The number of pyridine rings is 1. The van der Waals surface area contributed by atoms with Crippen molar-refractivity contribution in [3.05, 3.63) is 45.6 Å². The molecule has 4 nitrogen and oxygen atoms in total. The lowest BCUT2D eigenvalue weighted by atomic mass is 10.0. The molecule has 2 N–H and O–H groups in total. The molecule has 0 radical (unpaired) electrons. The molecule has 21 heavy (non-hydrogen) atoms. The highest BCUT2D eigenvalue weighted by molar-refractivity contribution is 6.43. The predicted octanol–water partition coefficient (Wildman–Crippen LogP) is 4.05. The summed E-state index contributed by atoms with van der Waals surface area (Å²) in [6.07, 6.45) is -1.58. The van der Waals surface area contributed by atoms with Gasteiger partial charge in [-0.05, 0) is 6.07 Å². The van der Waals surface area contributed by atoms with E-state index in [1.54, 1.807) is 6.07 Å². The maximum atomic E-state index is 14.7. The molecule has 7 heteroatoms. The maximum Gasteiger partial charge on any atom is 0.217 e. The van der Waals surface area contributed by atoms with E-state index in [1.165, 1.54) is 32.4 Å². The number of hydrogen-bond acceptors (Lipinski definition) is 4. The SMILES string of the molecule is COc1cc(OC)nc(C(F)c2ccc(Cl)c(Cl)c2N)c1. The summed E-state index contributed by atoms with van der Waals surface area (Å²) >= 11 is 11.8. The van der Waals surface area contributed by atoms with Crippen LogP contribution in [-0.2, 0) is 0 Å². The number of ether oxygens (including phenoxy) is 2. The number of nitrogens with zero attached hydrogens (tertiary/aromatic N) is 1. The Balaban J connectivity index is 2.49. The van der Waals surface area contributed by atoms with Gasteiger partial charge in [0.05, 0.1) is 35.6 Å². The van der Waals surface area contributed by atoms with E-state index in [1.807, 2.05) is 0 Å². The van der Waals surface area contributed by atoms with Crippen molar-refractivity contribution >= 4 is 28.9 Å². The van der Waals surface area contributed by atoms with E-state index in [9.17, 15) is 4.39 Å². The van der Waals surface area contributed by atoms with E-state index in [0.717, 1.165) is 0 Å². The topological polar surface area (TPSA) is 57.4 Å². The zero-order valence-corrected chi connectivity index (χ0v) is 12.9. The Morgan fingerprint density at radius 3 is 2.52 bits per heavy atom. The Morgan fingerprint density at radius 1 is 1.19 bits per heavy atom. The van der Waals surface area contributed by atoms with Crippen molar-refractivity contribution in [2.24, 2.45) is 0 Å². The summed E-state index contributed by atoms with van der Waals surface area (Å²) in [6.45, 7) is 0. The zero-order chi connectivity index (χ0) is 15.6. The van der Waals surface area contributed by atoms with Crippen molar-refractivity contribution in [1.82, 2.24) is 4.98 Å². The van der Waals surface area contributed by atoms with E-state index in [0.29, 0.717) is 5.75 Å². The second-order valence-corrected chi connectivity index (χ2v) is 4.99. The molecule has 0 aliphatic heterocycles. The molecule has 0 fully saturated rings. The quantitative estimate of drug-likeness (QED) is 0.859. The van der Waals surface area contributed by atoms with Crippen molar-refractivity contribution in [1.29, 1.82) is 0 Å². The van der Waals surface area contributed by atoms with Crippen molar-refractivity contribution in [2.75, 3.05) is 20.0 Å². The van der Waals surface area contributed by atoms with E-state index >= 15 is 0 Å².